The van der Waals surface area contributed by atoms with E-state index in [1.165, 1.54) is 103 Å². The minimum atomic E-state index is -0.900. The summed E-state index contributed by atoms with van der Waals surface area (Å²) in [5.74, 6) is 1.23. The zero-order chi connectivity index (χ0) is 45.7. The average Bonchev–Trinajstić information content (AvgIpc) is 4.24. The van der Waals surface area contributed by atoms with E-state index in [1.807, 2.05) is 0 Å². The Morgan fingerprint density at radius 1 is 0.397 bits per heavy atom. The minimum Gasteiger partial charge on any atom is -0.506 e. The van der Waals surface area contributed by atoms with Crippen molar-refractivity contribution in [2.24, 2.45) is 0 Å². The number of epoxide rings is 2. The Morgan fingerprint density at radius 2 is 0.667 bits per heavy atom. The molecule has 2 rings (SSSR count). The largest absolute Gasteiger partial charge is 0.506 e. The normalized spacial score (nSPS) is 20.0. The number of rotatable bonds is 48. The van der Waals surface area contributed by atoms with E-state index < -0.39 is 23.4 Å². The number of hydrogen-bond acceptors (Lipinski definition) is 9. The van der Waals surface area contributed by atoms with Crippen LogP contribution in [0, 0.1) is 0 Å². The number of unbranched alkanes of at least 4 members (excludes halogenated alkanes) is 24. The lowest BCUT2D eigenvalue weighted by Gasteiger charge is -2.26. The highest BCUT2D eigenvalue weighted by atomic mass is 16.7. The van der Waals surface area contributed by atoms with E-state index in [4.69, 9.17) is 33.2 Å². The SMILES string of the molecule is CCCCCCCCO/C(=C(/O)C(CCCCC)OCCCCCCCC)C1(COCC2(/C(OCCCCCCCC)=C(\O)C(CCCCC)OCCCCCCCC)CO2)CO1. The maximum absolute atomic E-state index is 12.1. The Balaban J connectivity index is 2.30. The Bertz CT molecular complexity index is 1040. The fraction of sp³-hybridized carbons (Fsp3) is 0.926. The second-order valence-corrected chi connectivity index (χ2v) is 19.0. The molecule has 2 N–H and O–H groups in total. The molecule has 2 fully saturated rings. The molecular formula is C54H102O9. The highest BCUT2D eigenvalue weighted by Crippen LogP contribution is 2.43. The summed E-state index contributed by atoms with van der Waals surface area (Å²) in [5, 5.41) is 24.2. The number of aliphatic hydroxyl groups excluding tert-OH is 2. The summed E-state index contributed by atoms with van der Waals surface area (Å²) in [6.45, 7) is 16.8. The zero-order valence-corrected chi connectivity index (χ0v) is 42.2. The third-order valence-electron chi connectivity index (χ3n) is 12.8. The van der Waals surface area contributed by atoms with Crippen LogP contribution in [0.2, 0.25) is 0 Å². The van der Waals surface area contributed by atoms with Crippen molar-refractivity contribution in [1.29, 1.82) is 0 Å². The molecule has 0 saturated carbocycles. The first-order valence-electron chi connectivity index (χ1n) is 27.1. The second kappa shape index (κ2) is 37.6. The van der Waals surface area contributed by atoms with E-state index in [-0.39, 0.29) is 24.7 Å². The molecule has 63 heavy (non-hydrogen) atoms. The maximum Gasteiger partial charge on any atom is 0.175 e. The maximum atomic E-state index is 12.1. The van der Waals surface area contributed by atoms with Gasteiger partial charge in [0.25, 0.3) is 0 Å². The monoisotopic (exact) mass is 895 g/mol. The predicted octanol–water partition coefficient (Wildman–Crippen LogP) is 15.5. The first-order chi connectivity index (χ1) is 30.9. The molecule has 9 nitrogen and oxygen atoms in total. The third kappa shape index (κ3) is 25.3. The molecule has 0 aliphatic carbocycles. The second-order valence-electron chi connectivity index (χ2n) is 19.0. The Hall–Kier alpha value is -1.52. The first kappa shape index (κ1) is 57.6. The summed E-state index contributed by atoms with van der Waals surface area (Å²) >= 11 is 0. The smallest absolute Gasteiger partial charge is 0.175 e. The first-order valence-corrected chi connectivity index (χ1v) is 27.1. The van der Waals surface area contributed by atoms with Gasteiger partial charge in [-0.2, -0.15) is 0 Å². The molecule has 9 heteroatoms. The average molecular weight is 895 g/mol. The summed E-state index contributed by atoms with van der Waals surface area (Å²) in [7, 11) is 0. The molecule has 2 aliphatic heterocycles. The quantitative estimate of drug-likeness (QED) is 0.0350. The van der Waals surface area contributed by atoms with E-state index in [1.54, 1.807) is 0 Å². The molecule has 2 saturated heterocycles. The molecule has 0 aromatic rings. The van der Waals surface area contributed by atoms with E-state index in [0.29, 0.717) is 51.2 Å². The Morgan fingerprint density at radius 3 is 0.968 bits per heavy atom. The van der Waals surface area contributed by atoms with Crippen molar-refractivity contribution in [3.05, 3.63) is 23.0 Å². The van der Waals surface area contributed by atoms with Crippen molar-refractivity contribution in [2.75, 3.05) is 52.9 Å². The molecule has 0 aromatic heterocycles. The van der Waals surface area contributed by atoms with Crippen molar-refractivity contribution >= 4 is 0 Å². The van der Waals surface area contributed by atoms with Gasteiger partial charge in [-0.15, -0.1) is 0 Å². The van der Waals surface area contributed by atoms with Crippen molar-refractivity contribution < 1.29 is 43.4 Å². The van der Waals surface area contributed by atoms with Gasteiger partial charge >= 0.3 is 0 Å². The molecule has 2 aliphatic rings. The van der Waals surface area contributed by atoms with Crippen molar-refractivity contribution in [3.8, 4) is 0 Å². The number of ether oxygens (including phenoxy) is 7. The van der Waals surface area contributed by atoms with Crippen LogP contribution < -0.4 is 0 Å². The predicted molar refractivity (Wildman–Crippen MR) is 261 cm³/mol. The summed E-state index contributed by atoms with van der Waals surface area (Å²) < 4.78 is 45.1. The number of hydrogen-bond donors (Lipinski definition) is 2. The van der Waals surface area contributed by atoms with Gasteiger partial charge in [0.2, 0.25) is 0 Å². The van der Waals surface area contributed by atoms with Gasteiger partial charge in [-0.25, -0.2) is 0 Å². The fourth-order valence-corrected chi connectivity index (χ4v) is 8.37. The molecule has 0 radical (unpaired) electrons. The summed E-state index contributed by atoms with van der Waals surface area (Å²) in [6.07, 6.45) is 34.9. The summed E-state index contributed by atoms with van der Waals surface area (Å²) in [6, 6.07) is 0. The van der Waals surface area contributed by atoms with Crippen LogP contribution in [0.15, 0.2) is 23.0 Å². The Labute approximate surface area is 388 Å². The van der Waals surface area contributed by atoms with Crippen molar-refractivity contribution in [3.63, 3.8) is 0 Å². The van der Waals surface area contributed by atoms with Gasteiger partial charge in [0.15, 0.2) is 34.2 Å². The molecule has 0 aromatic carbocycles. The molecule has 2 heterocycles. The van der Waals surface area contributed by atoms with Crippen LogP contribution in [-0.4, -0.2) is 86.5 Å². The highest BCUT2D eigenvalue weighted by molar-refractivity contribution is 5.26. The molecule has 4 atom stereocenters. The topological polar surface area (TPSA) is 112 Å². The molecular weight excluding hydrogens is 793 g/mol. The van der Waals surface area contributed by atoms with Gasteiger partial charge in [-0.05, 0) is 38.5 Å². The van der Waals surface area contributed by atoms with Crippen LogP contribution in [0.25, 0.3) is 0 Å². The standard InChI is InChI=1S/C54H102O9/c1-7-13-19-23-27-33-39-58-47(37-31-17-11-5)49(55)51(60-41-35-29-25-21-15-9-3)53(45-62-53)43-57-44-54(46-63-54)52(61-42-36-30-26-22-16-10-4)50(56)48(38-32-18-12-6)59-40-34-28-24-20-14-8-2/h47-48,55-56H,7-46H2,1-6H3/b51-49+,52-50+. The highest BCUT2D eigenvalue weighted by Gasteiger charge is 2.56. The van der Waals surface area contributed by atoms with Gasteiger partial charge in [0, 0.05) is 13.2 Å². The van der Waals surface area contributed by atoms with Crippen LogP contribution in [0.4, 0.5) is 0 Å². The lowest BCUT2D eigenvalue weighted by molar-refractivity contribution is -0.00250. The van der Waals surface area contributed by atoms with Crippen molar-refractivity contribution in [1.82, 2.24) is 0 Å². The van der Waals surface area contributed by atoms with Gasteiger partial charge in [0.05, 0.1) is 39.6 Å². The van der Waals surface area contributed by atoms with Crippen LogP contribution in [0.3, 0.4) is 0 Å². The number of aliphatic hydroxyl groups is 2. The van der Waals surface area contributed by atoms with Gasteiger partial charge in [-0.1, -0.05) is 208 Å². The Kier molecular flexibility index (Phi) is 34.3. The van der Waals surface area contributed by atoms with E-state index in [9.17, 15) is 10.2 Å². The fourth-order valence-electron chi connectivity index (χ4n) is 8.37. The lowest BCUT2D eigenvalue weighted by Crippen LogP contribution is -2.34. The third-order valence-corrected chi connectivity index (χ3v) is 12.8. The minimum absolute atomic E-state index is 0.152. The molecule has 0 spiro atoms. The van der Waals surface area contributed by atoms with Gasteiger partial charge in [-0.3, -0.25) is 0 Å². The van der Waals surface area contributed by atoms with Crippen LogP contribution in [0.1, 0.15) is 247 Å². The van der Waals surface area contributed by atoms with Crippen LogP contribution >= 0.6 is 0 Å². The molecule has 4 unspecified atom stereocenters. The van der Waals surface area contributed by atoms with Crippen molar-refractivity contribution in [2.45, 2.75) is 270 Å². The molecule has 0 amide bonds. The van der Waals surface area contributed by atoms with E-state index >= 15 is 0 Å². The van der Waals surface area contributed by atoms with Crippen LogP contribution in [-0.2, 0) is 33.2 Å². The summed E-state index contributed by atoms with van der Waals surface area (Å²) in [5.41, 5.74) is -1.80. The van der Waals surface area contributed by atoms with E-state index in [2.05, 4.69) is 41.5 Å². The van der Waals surface area contributed by atoms with E-state index in [0.717, 1.165) is 103 Å². The zero-order valence-electron chi connectivity index (χ0n) is 42.2. The summed E-state index contributed by atoms with van der Waals surface area (Å²) in [4.78, 5) is 0. The van der Waals surface area contributed by atoms with Gasteiger partial charge < -0.3 is 43.4 Å². The van der Waals surface area contributed by atoms with Crippen LogP contribution in [0.5, 0.6) is 0 Å². The molecule has 372 valence electrons. The lowest BCUT2D eigenvalue weighted by atomic mass is 10.0. The molecule has 0 bridgehead atoms. The van der Waals surface area contributed by atoms with Gasteiger partial charge in [0.1, 0.15) is 12.2 Å².